The molecule has 0 saturated carbocycles. The number of non-ortho nitro benzene ring substituents is 1. The number of hydrogen-bond donors (Lipinski definition) is 2. The van der Waals surface area contributed by atoms with Crippen LogP contribution in [-0.2, 0) is 10.0 Å². The van der Waals surface area contributed by atoms with Crippen LogP contribution < -0.4 is 10.3 Å². The van der Waals surface area contributed by atoms with Crippen LogP contribution in [0, 0.1) is 17.0 Å². The first kappa shape index (κ1) is 22.2. The maximum Gasteiger partial charge on any atom is 0.345 e. The largest absolute Gasteiger partial charge is 0.507 e. The number of hydrogen-bond acceptors (Lipinski definition) is 7. The molecule has 1 heterocycles. The van der Waals surface area contributed by atoms with Gasteiger partial charge in [0.25, 0.3) is 5.69 Å². The second-order valence-corrected chi connectivity index (χ2v) is 9.08. The molecule has 1 atom stereocenters. The molecule has 0 fully saturated rings. The number of fused-ring (bicyclic) bond motifs is 1. The molecule has 0 aliphatic carbocycles. The van der Waals surface area contributed by atoms with Crippen LogP contribution in [0.1, 0.15) is 22.7 Å². The van der Waals surface area contributed by atoms with E-state index in [0.717, 1.165) is 5.56 Å². The van der Waals surface area contributed by atoms with Gasteiger partial charge in [-0.15, -0.1) is 0 Å². The van der Waals surface area contributed by atoms with E-state index in [1.165, 1.54) is 48.5 Å². The molecule has 9 nitrogen and oxygen atoms in total. The number of aromatic hydroxyl groups is 1. The zero-order valence-electron chi connectivity index (χ0n) is 17.3. The lowest BCUT2D eigenvalue weighted by Gasteiger charge is -2.20. The van der Waals surface area contributed by atoms with Gasteiger partial charge in [-0.25, -0.2) is 13.2 Å². The Bertz CT molecular complexity index is 1510. The van der Waals surface area contributed by atoms with E-state index in [1.807, 2.05) is 6.92 Å². The van der Waals surface area contributed by atoms with Crippen LogP contribution in [0.2, 0.25) is 0 Å². The van der Waals surface area contributed by atoms with Crippen LogP contribution in [0.4, 0.5) is 5.69 Å². The Labute approximate surface area is 188 Å². The fourth-order valence-corrected chi connectivity index (χ4v) is 4.62. The Morgan fingerprint density at radius 2 is 1.64 bits per heavy atom. The third-order valence-corrected chi connectivity index (χ3v) is 6.59. The highest BCUT2D eigenvalue weighted by Crippen LogP contribution is 2.34. The monoisotopic (exact) mass is 466 g/mol. The van der Waals surface area contributed by atoms with Crippen LogP contribution in [0.3, 0.4) is 0 Å². The van der Waals surface area contributed by atoms with E-state index in [0.29, 0.717) is 0 Å². The van der Waals surface area contributed by atoms with Gasteiger partial charge in [-0.1, -0.05) is 42.0 Å². The molecule has 0 unspecified atom stereocenters. The van der Waals surface area contributed by atoms with Gasteiger partial charge in [0, 0.05) is 12.1 Å². The number of nitro benzene ring substituents is 1. The number of rotatable bonds is 6. The van der Waals surface area contributed by atoms with E-state index in [2.05, 4.69) is 4.72 Å². The van der Waals surface area contributed by atoms with Gasteiger partial charge in [0.2, 0.25) is 10.0 Å². The fraction of sp³-hybridized carbons (Fsp3) is 0.0870. The second-order valence-electron chi connectivity index (χ2n) is 7.36. The molecular weight excluding hydrogens is 448 g/mol. The van der Waals surface area contributed by atoms with E-state index >= 15 is 0 Å². The highest BCUT2D eigenvalue weighted by molar-refractivity contribution is 7.89. The Morgan fingerprint density at radius 3 is 2.27 bits per heavy atom. The summed E-state index contributed by atoms with van der Waals surface area (Å²) in [5.74, 6) is -0.447. The zero-order valence-corrected chi connectivity index (χ0v) is 18.1. The average Bonchev–Trinajstić information content (AvgIpc) is 2.78. The number of sulfonamides is 1. The molecule has 0 aliphatic heterocycles. The lowest BCUT2D eigenvalue weighted by molar-refractivity contribution is -0.384. The Balaban J connectivity index is 1.90. The molecule has 4 aromatic rings. The predicted molar refractivity (Wildman–Crippen MR) is 121 cm³/mol. The first-order valence-corrected chi connectivity index (χ1v) is 11.2. The summed E-state index contributed by atoms with van der Waals surface area (Å²) in [5, 5.41) is 22.2. The molecule has 0 amide bonds. The van der Waals surface area contributed by atoms with Crippen molar-refractivity contribution in [1.29, 1.82) is 0 Å². The van der Waals surface area contributed by atoms with Crippen LogP contribution in [0.25, 0.3) is 11.0 Å². The van der Waals surface area contributed by atoms with E-state index in [-0.39, 0.29) is 32.7 Å². The highest BCUT2D eigenvalue weighted by Gasteiger charge is 2.30. The minimum absolute atomic E-state index is 0.0512. The molecule has 2 N–H and O–H groups in total. The van der Waals surface area contributed by atoms with Crippen LogP contribution >= 0.6 is 0 Å². The van der Waals surface area contributed by atoms with Crippen molar-refractivity contribution in [2.75, 3.05) is 0 Å². The van der Waals surface area contributed by atoms with Crippen molar-refractivity contribution < 1.29 is 22.9 Å². The predicted octanol–water partition coefficient (Wildman–Crippen LogP) is 3.78. The SMILES string of the molecule is Cc1ccc(S(=O)(=O)N[C@@H](c2ccc([N+](=O)[O-])cc2)c2c(O)c3ccccc3oc2=O)cc1. The van der Waals surface area contributed by atoms with Crippen LogP contribution in [-0.4, -0.2) is 18.4 Å². The van der Waals surface area contributed by atoms with E-state index in [4.69, 9.17) is 4.42 Å². The molecule has 168 valence electrons. The van der Waals surface area contributed by atoms with Gasteiger partial charge in [0.15, 0.2) is 0 Å². The first-order chi connectivity index (χ1) is 15.7. The summed E-state index contributed by atoms with van der Waals surface area (Å²) in [6, 6.07) is 16.0. The summed E-state index contributed by atoms with van der Waals surface area (Å²) in [7, 11) is -4.16. The number of benzene rings is 3. The molecular formula is C23H18N2O7S. The Hall–Kier alpha value is -4.02. The normalized spacial score (nSPS) is 12.5. The van der Waals surface area contributed by atoms with Crippen molar-refractivity contribution in [3.05, 3.63) is 110 Å². The van der Waals surface area contributed by atoms with Crippen molar-refractivity contribution in [2.45, 2.75) is 17.9 Å². The summed E-state index contributed by atoms with van der Waals surface area (Å²) >= 11 is 0. The van der Waals surface area contributed by atoms with Gasteiger partial charge in [-0.05, 0) is 36.8 Å². The maximum absolute atomic E-state index is 13.1. The van der Waals surface area contributed by atoms with Gasteiger partial charge in [0.05, 0.1) is 21.2 Å². The van der Waals surface area contributed by atoms with E-state index < -0.39 is 32.4 Å². The van der Waals surface area contributed by atoms with Crippen LogP contribution in [0.5, 0.6) is 5.75 Å². The molecule has 0 radical (unpaired) electrons. The third kappa shape index (κ3) is 4.34. The van der Waals surface area contributed by atoms with Crippen molar-refractivity contribution >= 4 is 26.7 Å². The summed E-state index contributed by atoms with van der Waals surface area (Å²) in [5.41, 5.74) is -0.302. The number of nitro groups is 1. The first-order valence-electron chi connectivity index (χ1n) is 9.75. The topological polar surface area (TPSA) is 140 Å². The number of para-hydroxylation sites is 1. The molecule has 3 aromatic carbocycles. The highest BCUT2D eigenvalue weighted by atomic mass is 32.2. The molecule has 1 aromatic heterocycles. The van der Waals surface area contributed by atoms with Crippen molar-refractivity contribution in [3.63, 3.8) is 0 Å². The Morgan fingerprint density at radius 1 is 1.00 bits per heavy atom. The number of nitrogens with one attached hydrogen (secondary N) is 1. The zero-order chi connectivity index (χ0) is 23.8. The number of aryl methyl sites for hydroxylation is 1. The summed E-state index contributed by atoms with van der Waals surface area (Å²) in [6.07, 6.45) is 0. The van der Waals surface area contributed by atoms with Crippen molar-refractivity contribution in [1.82, 2.24) is 4.72 Å². The molecule has 10 heteroatoms. The molecule has 4 rings (SSSR count). The molecule has 0 spiro atoms. The van der Waals surface area contributed by atoms with Gasteiger partial charge < -0.3 is 9.52 Å². The summed E-state index contributed by atoms with van der Waals surface area (Å²) in [6.45, 7) is 1.81. The standard InChI is InChI=1S/C23H18N2O7S/c1-14-6-12-17(13-7-14)33(30,31)24-21(15-8-10-16(11-9-15)25(28)29)20-22(26)18-4-2-3-5-19(18)32-23(20)27/h2-13,21,24,26H,1H3/t21-/m0/s1. The lowest BCUT2D eigenvalue weighted by atomic mass is 9.98. The third-order valence-electron chi connectivity index (χ3n) is 5.15. The summed E-state index contributed by atoms with van der Waals surface area (Å²) < 4.78 is 34.0. The number of nitrogens with zero attached hydrogens (tertiary/aromatic N) is 1. The minimum atomic E-state index is -4.16. The van der Waals surface area contributed by atoms with Gasteiger partial charge >= 0.3 is 5.63 Å². The quantitative estimate of drug-likeness (QED) is 0.250. The smallest absolute Gasteiger partial charge is 0.345 e. The minimum Gasteiger partial charge on any atom is -0.507 e. The van der Waals surface area contributed by atoms with Gasteiger partial charge in [-0.3, -0.25) is 10.1 Å². The second kappa shape index (κ2) is 8.49. The van der Waals surface area contributed by atoms with Gasteiger partial charge in [-0.2, -0.15) is 4.72 Å². The molecule has 33 heavy (non-hydrogen) atoms. The van der Waals surface area contributed by atoms with E-state index in [9.17, 15) is 28.4 Å². The van der Waals surface area contributed by atoms with Crippen LogP contribution in [0.15, 0.2) is 86.9 Å². The van der Waals surface area contributed by atoms with Crippen molar-refractivity contribution in [2.24, 2.45) is 0 Å². The molecule has 0 bridgehead atoms. The fourth-order valence-electron chi connectivity index (χ4n) is 3.43. The van der Waals surface area contributed by atoms with E-state index in [1.54, 1.807) is 24.3 Å². The molecule has 0 aliphatic rings. The molecule has 0 saturated heterocycles. The maximum atomic E-state index is 13.1. The average molecular weight is 466 g/mol. The Kier molecular flexibility index (Phi) is 5.71. The summed E-state index contributed by atoms with van der Waals surface area (Å²) in [4.78, 5) is 23.2. The van der Waals surface area contributed by atoms with Crippen molar-refractivity contribution in [3.8, 4) is 5.75 Å². The van der Waals surface area contributed by atoms with Gasteiger partial charge in [0.1, 0.15) is 16.9 Å². The lowest BCUT2D eigenvalue weighted by Crippen LogP contribution is -2.32.